The molecule has 3 aromatic rings. The summed E-state index contributed by atoms with van der Waals surface area (Å²) < 4.78 is 8.20. The van der Waals surface area contributed by atoms with Gasteiger partial charge in [-0.3, -0.25) is 14.4 Å². The van der Waals surface area contributed by atoms with Gasteiger partial charge in [-0.25, -0.2) is 4.98 Å². The number of nitrogens with zero attached hydrogens (tertiary/aromatic N) is 5. The van der Waals surface area contributed by atoms with E-state index in [0.717, 1.165) is 34.6 Å². The maximum atomic E-state index is 13.4. The van der Waals surface area contributed by atoms with E-state index in [-0.39, 0.29) is 24.4 Å². The smallest absolute Gasteiger partial charge is 0.280 e. The number of hydrogen-bond donors (Lipinski definition) is 0. The van der Waals surface area contributed by atoms with Crippen molar-refractivity contribution < 1.29 is 9.53 Å². The van der Waals surface area contributed by atoms with Crippen LogP contribution in [0.15, 0.2) is 24.3 Å². The number of methoxy groups -OCH3 is 1. The van der Waals surface area contributed by atoms with E-state index in [9.17, 15) is 4.79 Å². The minimum atomic E-state index is -0.114. The van der Waals surface area contributed by atoms with E-state index in [1.165, 1.54) is 11.3 Å². The van der Waals surface area contributed by atoms with Crippen molar-refractivity contribution >= 4 is 45.0 Å². The summed E-state index contributed by atoms with van der Waals surface area (Å²) in [5.74, 6) is 0.668. The first-order valence-electron chi connectivity index (χ1n) is 9.77. The van der Waals surface area contributed by atoms with Crippen LogP contribution in [-0.4, -0.2) is 59.9 Å². The number of halogens is 1. The maximum absolute atomic E-state index is 13.4. The number of carbonyl (C=O) groups excluding carboxylic acids is 1. The van der Waals surface area contributed by atoms with Crippen molar-refractivity contribution in [3.63, 3.8) is 0 Å². The molecular formula is C21H30ClN5O2S. The van der Waals surface area contributed by atoms with Crippen molar-refractivity contribution in [1.82, 2.24) is 19.7 Å². The number of ether oxygens (including phenoxy) is 1. The summed E-state index contributed by atoms with van der Waals surface area (Å²) in [7, 11) is 5.71. The van der Waals surface area contributed by atoms with E-state index in [1.54, 1.807) is 12.0 Å². The van der Waals surface area contributed by atoms with Crippen LogP contribution in [0.1, 0.15) is 42.5 Å². The molecule has 3 rings (SSSR count). The lowest BCUT2D eigenvalue weighted by Crippen LogP contribution is -2.33. The SMILES string of the molecule is COc1ccc2nc(N(CCCN(C)C)C(=O)c3cc(C)n(C(C)C)n3)sc2c1.Cl. The normalized spacial score (nSPS) is 11.2. The van der Waals surface area contributed by atoms with Crippen molar-refractivity contribution in [2.24, 2.45) is 0 Å². The van der Waals surface area contributed by atoms with Gasteiger partial charge in [-0.2, -0.15) is 5.10 Å². The summed E-state index contributed by atoms with van der Waals surface area (Å²) in [6, 6.07) is 7.83. The molecule has 0 saturated heterocycles. The lowest BCUT2D eigenvalue weighted by molar-refractivity contribution is 0.0980. The van der Waals surface area contributed by atoms with Gasteiger partial charge in [0.1, 0.15) is 5.75 Å². The Balaban J connectivity index is 0.00000320. The molecular weight excluding hydrogens is 422 g/mol. The third-order valence-electron chi connectivity index (χ3n) is 4.68. The summed E-state index contributed by atoms with van der Waals surface area (Å²) in [6.45, 7) is 7.57. The van der Waals surface area contributed by atoms with Crippen LogP contribution in [0.3, 0.4) is 0 Å². The van der Waals surface area contributed by atoms with Gasteiger partial charge >= 0.3 is 0 Å². The van der Waals surface area contributed by atoms with Crippen LogP contribution in [0.4, 0.5) is 5.13 Å². The molecule has 0 N–H and O–H groups in total. The number of amides is 1. The highest BCUT2D eigenvalue weighted by Crippen LogP contribution is 2.32. The van der Waals surface area contributed by atoms with E-state index in [1.807, 2.05) is 50.0 Å². The summed E-state index contributed by atoms with van der Waals surface area (Å²) in [5, 5.41) is 5.24. The van der Waals surface area contributed by atoms with E-state index in [2.05, 4.69) is 23.8 Å². The third kappa shape index (κ3) is 5.30. The van der Waals surface area contributed by atoms with Crippen LogP contribution in [0.2, 0.25) is 0 Å². The molecule has 0 spiro atoms. The molecule has 30 heavy (non-hydrogen) atoms. The van der Waals surface area contributed by atoms with Crippen LogP contribution in [0.5, 0.6) is 5.75 Å². The van der Waals surface area contributed by atoms with Crippen molar-refractivity contribution in [1.29, 1.82) is 0 Å². The zero-order valence-corrected chi connectivity index (χ0v) is 20.0. The minimum Gasteiger partial charge on any atom is -0.497 e. The topological polar surface area (TPSA) is 63.5 Å². The van der Waals surface area contributed by atoms with Gasteiger partial charge in [0, 0.05) is 18.3 Å². The highest BCUT2D eigenvalue weighted by atomic mass is 35.5. The highest BCUT2D eigenvalue weighted by Gasteiger charge is 2.24. The lowest BCUT2D eigenvalue weighted by atomic mass is 10.3. The van der Waals surface area contributed by atoms with Crippen LogP contribution in [0.25, 0.3) is 10.2 Å². The first kappa shape index (κ1) is 24.1. The number of carbonyl (C=O) groups is 1. The molecule has 2 heterocycles. The number of aromatic nitrogens is 3. The Kier molecular flexibility index (Phi) is 8.23. The molecule has 0 aliphatic carbocycles. The van der Waals surface area contributed by atoms with Gasteiger partial charge in [0.15, 0.2) is 10.8 Å². The summed E-state index contributed by atoms with van der Waals surface area (Å²) in [5.41, 5.74) is 2.30. The fraction of sp³-hybridized carbons (Fsp3) is 0.476. The van der Waals surface area contributed by atoms with Gasteiger partial charge in [-0.05, 0) is 72.1 Å². The van der Waals surface area contributed by atoms with Gasteiger partial charge in [-0.15, -0.1) is 12.4 Å². The number of fused-ring (bicyclic) bond motifs is 1. The molecule has 164 valence electrons. The zero-order valence-electron chi connectivity index (χ0n) is 18.4. The van der Waals surface area contributed by atoms with Crippen molar-refractivity contribution in [3.05, 3.63) is 35.7 Å². The fourth-order valence-corrected chi connectivity index (χ4v) is 4.24. The minimum absolute atomic E-state index is 0. The molecule has 1 amide bonds. The second-order valence-electron chi connectivity index (χ2n) is 7.65. The molecule has 0 bridgehead atoms. The molecule has 0 aliphatic rings. The Labute approximate surface area is 188 Å². The Morgan fingerprint density at radius 1 is 1.23 bits per heavy atom. The second kappa shape index (κ2) is 10.2. The molecule has 0 unspecified atom stereocenters. The molecule has 0 atom stereocenters. The average molecular weight is 452 g/mol. The Bertz CT molecular complexity index is 999. The molecule has 0 aliphatic heterocycles. The van der Waals surface area contributed by atoms with E-state index < -0.39 is 0 Å². The van der Waals surface area contributed by atoms with Crippen molar-refractivity contribution in [3.8, 4) is 5.75 Å². The maximum Gasteiger partial charge on any atom is 0.280 e. The van der Waals surface area contributed by atoms with Crippen molar-refractivity contribution in [2.75, 3.05) is 39.2 Å². The predicted octanol–water partition coefficient (Wildman–Crippen LogP) is 4.41. The molecule has 1 aromatic carbocycles. The Hall–Kier alpha value is -2.16. The number of benzene rings is 1. The summed E-state index contributed by atoms with van der Waals surface area (Å²) in [6.07, 6.45) is 0.849. The number of anilines is 1. The fourth-order valence-electron chi connectivity index (χ4n) is 3.22. The number of rotatable bonds is 8. The lowest BCUT2D eigenvalue weighted by Gasteiger charge is -2.20. The Morgan fingerprint density at radius 2 is 1.97 bits per heavy atom. The van der Waals surface area contributed by atoms with E-state index >= 15 is 0 Å². The number of aryl methyl sites for hydroxylation is 1. The average Bonchev–Trinajstić information content (AvgIpc) is 3.27. The standard InChI is InChI=1S/C21H29N5O2S.ClH/c1-14(2)26-15(3)12-18(23-26)20(27)25(11-7-10-24(4)5)21-22-17-9-8-16(28-6)13-19(17)29-21;/h8-9,12-14H,7,10-11H2,1-6H3;1H. The quantitative estimate of drug-likeness (QED) is 0.507. The number of hydrogen-bond acceptors (Lipinski definition) is 6. The monoisotopic (exact) mass is 451 g/mol. The van der Waals surface area contributed by atoms with Crippen LogP contribution < -0.4 is 9.64 Å². The van der Waals surface area contributed by atoms with Crippen LogP contribution in [0, 0.1) is 6.92 Å². The van der Waals surface area contributed by atoms with Crippen LogP contribution in [-0.2, 0) is 0 Å². The predicted molar refractivity (Wildman–Crippen MR) is 126 cm³/mol. The van der Waals surface area contributed by atoms with Gasteiger partial charge in [0.05, 0.1) is 17.3 Å². The molecule has 7 nitrogen and oxygen atoms in total. The molecule has 2 aromatic heterocycles. The van der Waals surface area contributed by atoms with E-state index in [0.29, 0.717) is 17.4 Å². The van der Waals surface area contributed by atoms with Gasteiger partial charge in [-0.1, -0.05) is 11.3 Å². The van der Waals surface area contributed by atoms with Crippen LogP contribution >= 0.6 is 23.7 Å². The first-order valence-corrected chi connectivity index (χ1v) is 10.6. The highest BCUT2D eigenvalue weighted by molar-refractivity contribution is 7.22. The molecule has 9 heteroatoms. The van der Waals surface area contributed by atoms with Gasteiger partial charge in [0.2, 0.25) is 0 Å². The van der Waals surface area contributed by atoms with Gasteiger partial charge in [0.25, 0.3) is 5.91 Å². The number of thiazole rings is 1. The Morgan fingerprint density at radius 3 is 2.57 bits per heavy atom. The zero-order chi connectivity index (χ0) is 21.1. The molecule has 0 saturated carbocycles. The summed E-state index contributed by atoms with van der Waals surface area (Å²) in [4.78, 5) is 22.0. The van der Waals surface area contributed by atoms with Gasteiger partial charge < -0.3 is 9.64 Å². The van der Waals surface area contributed by atoms with Crippen molar-refractivity contribution in [2.45, 2.75) is 33.2 Å². The van der Waals surface area contributed by atoms with E-state index in [4.69, 9.17) is 9.72 Å². The first-order chi connectivity index (χ1) is 13.8. The molecule has 0 radical (unpaired) electrons. The largest absolute Gasteiger partial charge is 0.497 e. The summed E-state index contributed by atoms with van der Waals surface area (Å²) >= 11 is 1.50. The third-order valence-corrected chi connectivity index (χ3v) is 5.72. The second-order valence-corrected chi connectivity index (χ2v) is 8.66. The molecule has 0 fully saturated rings.